The highest BCUT2D eigenvalue weighted by atomic mass is 15.1. The van der Waals surface area contributed by atoms with E-state index in [-0.39, 0.29) is 0 Å². The Hall–Kier alpha value is -0.460. The first kappa shape index (κ1) is 21.5. The fourth-order valence-corrected chi connectivity index (χ4v) is 2.94. The molecule has 0 rings (SSSR count). The lowest BCUT2D eigenvalue weighted by Crippen LogP contribution is -2.14. The Morgan fingerprint density at radius 1 is 0.545 bits per heavy atom. The molecule has 0 saturated carbocycles. The second kappa shape index (κ2) is 18.6. The zero-order valence-electron chi connectivity index (χ0n) is 15.9. The Bertz CT molecular complexity index is 218. The van der Waals surface area contributed by atoms with Crippen LogP contribution in [0.25, 0.3) is 0 Å². The first-order chi connectivity index (χ1) is 10.8. The van der Waals surface area contributed by atoms with Crippen LogP contribution in [0.3, 0.4) is 0 Å². The first-order valence-electron chi connectivity index (χ1n) is 10.3. The molecule has 0 spiro atoms. The summed E-state index contributed by atoms with van der Waals surface area (Å²) in [5, 5.41) is 0. The van der Waals surface area contributed by atoms with E-state index in [2.05, 4.69) is 37.9 Å². The lowest BCUT2D eigenvalue weighted by molar-refractivity contribution is 0.417. The molecule has 0 aliphatic heterocycles. The third-order valence-corrected chi connectivity index (χ3v) is 4.60. The summed E-state index contributed by atoms with van der Waals surface area (Å²) >= 11 is 0. The van der Waals surface area contributed by atoms with Crippen LogP contribution in [0, 0.1) is 0 Å². The predicted molar refractivity (Wildman–Crippen MR) is 102 cm³/mol. The lowest BCUT2D eigenvalue weighted by Gasteiger charge is -2.14. The van der Waals surface area contributed by atoms with Gasteiger partial charge in [0.05, 0.1) is 0 Å². The largest absolute Gasteiger partial charge is 0.378 e. The second-order valence-electron chi connectivity index (χ2n) is 6.64. The molecule has 0 N–H and O–H groups in total. The van der Waals surface area contributed by atoms with Crippen LogP contribution in [-0.2, 0) is 0 Å². The second-order valence-corrected chi connectivity index (χ2v) is 6.64. The molecule has 0 aliphatic carbocycles. The minimum atomic E-state index is 1.13. The fourth-order valence-electron chi connectivity index (χ4n) is 2.94. The minimum Gasteiger partial charge on any atom is -0.378 e. The van der Waals surface area contributed by atoms with Gasteiger partial charge in [-0.2, -0.15) is 0 Å². The van der Waals surface area contributed by atoms with Gasteiger partial charge in [0.25, 0.3) is 0 Å². The van der Waals surface area contributed by atoms with Crippen molar-refractivity contribution in [2.45, 2.75) is 111 Å². The van der Waals surface area contributed by atoms with Crippen LogP contribution in [0.2, 0.25) is 0 Å². The summed E-state index contributed by atoms with van der Waals surface area (Å²) in [6.45, 7) is 9.00. The van der Waals surface area contributed by atoms with Gasteiger partial charge in [0, 0.05) is 13.1 Å². The molecule has 0 fully saturated rings. The number of unbranched alkanes of at least 4 members (excludes halogenated alkanes) is 13. The molecular weight excluding hydrogens is 266 g/mol. The third-order valence-electron chi connectivity index (χ3n) is 4.60. The SMILES string of the molecule is CCCCCCCCCCCCCCC/C=C/N(CC)CC. The highest BCUT2D eigenvalue weighted by molar-refractivity contribution is 4.81. The molecule has 22 heavy (non-hydrogen) atoms. The number of rotatable bonds is 17. The summed E-state index contributed by atoms with van der Waals surface area (Å²) < 4.78 is 0. The topological polar surface area (TPSA) is 3.24 Å². The normalized spacial score (nSPS) is 11.4. The van der Waals surface area contributed by atoms with E-state index >= 15 is 0 Å². The van der Waals surface area contributed by atoms with Crippen LogP contribution in [0.1, 0.15) is 111 Å². The molecule has 0 aliphatic rings. The number of hydrogen-bond acceptors (Lipinski definition) is 1. The van der Waals surface area contributed by atoms with Gasteiger partial charge in [-0.3, -0.25) is 0 Å². The molecule has 0 aromatic heterocycles. The highest BCUT2D eigenvalue weighted by Crippen LogP contribution is 2.13. The summed E-state index contributed by atoms with van der Waals surface area (Å²) in [6, 6.07) is 0. The van der Waals surface area contributed by atoms with Crippen molar-refractivity contribution in [1.82, 2.24) is 4.90 Å². The Kier molecular flexibility index (Phi) is 18.2. The smallest absolute Gasteiger partial charge is 0.0143 e. The van der Waals surface area contributed by atoms with Crippen molar-refractivity contribution in [1.29, 1.82) is 0 Å². The van der Waals surface area contributed by atoms with E-state index in [0.717, 1.165) is 13.1 Å². The summed E-state index contributed by atoms with van der Waals surface area (Å²) in [7, 11) is 0. The standard InChI is InChI=1S/C21H43N/c1-4-7-8-9-10-11-12-13-14-15-16-17-18-19-20-21-22(5-2)6-3/h20-21H,4-19H2,1-3H3/b21-20+. The minimum absolute atomic E-state index is 1.13. The van der Waals surface area contributed by atoms with Gasteiger partial charge in [0.2, 0.25) is 0 Å². The molecule has 0 heterocycles. The molecule has 0 bridgehead atoms. The van der Waals surface area contributed by atoms with Crippen LogP contribution in [0.5, 0.6) is 0 Å². The average molecular weight is 310 g/mol. The van der Waals surface area contributed by atoms with E-state index in [9.17, 15) is 0 Å². The van der Waals surface area contributed by atoms with Crippen molar-refractivity contribution in [3.8, 4) is 0 Å². The highest BCUT2D eigenvalue weighted by Gasteiger charge is 1.93. The van der Waals surface area contributed by atoms with Gasteiger partial charge in [-0.05, 0) is 32.9 Å². The lowest BCUT2D eigenvalue weighted by atomic mass is 10.0. The monoisotopic (exact) mass is 309 g/mol. The van der Waals surface area contributed by atoms with E-state index in [1.165, 1.54) is 89.9 Å². The maximum absolute atomic E-state index is 2.36. The molecule has 132 valence electrons. The van der Waals surface area contributed by atoms with E-state index < -0.39 is 0 Å². The molecular formula is C21H43N. The van der Waals surface area contributed by atoms with E-state index in [0.29, 0.717) is 0 Å². The van der Waals surface area contributed by atoms with Crippen molar-refractivity contribution >= 4 is 0 Å². The van der Waals surface area contributed by atoms with E-state index in [1.54, 1.807) is 0 Å². The maximum Gasteiger partial charge on any atom is 0.0143 e. The Morgan fingerprint density at radius 2 is 0.955 bits per heavy atom. The van der Waals surface area contributed by atoms with Crippen LogP contribution in [0.4, 0.5) is 0 Å². The van der Waals surface area contributed by atoms with Crippen LogP contribution >= 0.6 is 0 Å². The maximum atomic E-state index is 2.36. The number of hydrogen-bond donors (Lipinski definition) is 0. The summed E-state index contributed by atoms with van der Waals surface area (Å²) in [5.41, 5.74) is 0. The van der Waals surface area contributed by atoms with Gasteiger partial charge in [0.15, 0.2) is 0 Å². The van der Waals surface area contributed by atoms with Crippen molar-refractivity contribution < 1.29 is 0 Å². The van der Waals surface area contributed by atoms with E-state index in [4.69, 9.17) is 0 Å². The van der Waals surface area contributed by atoms with Crippen LogP contribution < -0.4 is 0 Å². The molecule has 0 amide bonds. The molecule has 0 saturated heterocycles. The summed E-state index contributed by atoms with van der Waals surface area (Å²) in [4.78, 5) is 2.36. The molecule has 1 nitrogen and oxygen atoms in total. The zero-order chi connectivity index (χ0) is 16.3. The van der Waals surface area contributed by atoms with Gasteiger partial charge < -0.3 is 4.90 Å². The Morgan fingerprint density at radius 3 is 1.36 bits per heavy atom. The first-order valence-corrected chi connectivity index (χ1v) is 10.3. The molecule has 1 heteroatoms. The van der Waals surface area contributed by atoms with Crippen molar-refractivity contribution in [2.24, 2.45) is 0 Å². The van der Waals surface area contributed by atoms with Gasteiger partial charge in [0.1, 0.15) is 0 Å². The summed E-state index contributed by atoms with van der Waals surface area (Å²) in [5.74, 6) is 0. The molecule has 0 aromatic rings. The third kappa shape index (κ3) is 15.9. The quantitative estimate of drug-likeness (QED) is 0.254. The zero-order valence-corrected chi connectivity index (χ0v) is 15.9. The summed E-state index contributed by atoms with van der Waals surface area (Å²) in [6.07, 6.45) is 24.6. The average Bonchev–Trinajstić information content (AvgIpc) is 2.55. The molecule has 0 unspecified atom stereocenters. The van der Waals surface area contributed by atoms with Crippen molar-refractivity contribution in [3.05, 3.63) is 12.3 Å². The van der Waals surface area contributed by atoms with Gasteiger partial charge >= 0.3 is 0 Å². The Labute approximate surface area is 141 Å². The number of allylic oxidation sites excluding steroid dienone is 1. The van der Waals surface area contributed by atoms with Crippen molar-refractivity contribution in [2.75, 3.05) is 13.1 Å². The van der Waals surface area contributed by atoms with Crippen molar-refractivity contribution in [3.63, 3.8) is 0 Å². The molecule has 0 aromatic carbocycles. The Balaban J connectivity index is 3.11. The fraction of sp³-hybridized carbons (Fsp3) is 0.905. The van der Waals surface area contributed by atoms with Gasteiger partial charge in [-0.1, -0.05) is 90.0 Å². The number of nitrogens with zero attached hydrogens (tertiary/aromatic N) is 1. The van der Waals surface area contributed by atoms with E-state index in [1.807, 2.05) is 0 Å². The predicted octanol–water partition coefficient (Wildman–Crippen LogP) is 7.32. The van der Waals surface area contributed by atoms with Crippen LogP contribution in [-0.4, -0.2) is 18.0 Å². The molecule has 0 radical (unpaired) electrons. The van der Waals surface area contributed by atoms with Gasteiger partial charge in [-0.25, -0.2) is 0 Å². The van der Waals surface area contributed by atoms with Crippen LogP contribution in [0.15, 0.2) is 12.3 Å². The van der Waals surface area contributed by atoms with Gasteiger partial charge in [-0.15, -0.1) is 0 Å². The molecule has 0 atom stereocenters.